The van der Waals surface area contributed by atoms with Crippen LogP contribution in [0.1, 0.15) is 56.8 Å². The highest BCUT2D eigenvalue weighted by Gasteiger charge is 2.47. The highest BCUT2D eigenvalue weighted by Crippen LogP contribution is 2.43. The highest BCUT2D eigenvalue weighted by atomic mass is 35.5. The third-order valence-corrected chi connectivity index (χ3v) is 16.3. The Kier molecular flexibility index (Phi) is 7.69. The summed E-state index contributed by atoms with van der Waals surface area (Å²) in [6.07, 6.45) is 0. The van der Waals surface area contributed by atoms with Gasteiger partial charge in [-0.15, -0.1) is 11.3 Å². The quantitative estimate of drug-likeness (QED) is 0.220. The van der Waals surface area contributed by atoms with Crippen LogP contribution in [-0.2, 0) is 0 Å². The zero-order chi connectivity index (χ0) is 24.7. The molecule has 1 heterocycles. The second kappa shape index (κ2) is 9.69. The fraction of sp³-hybridized carbons (Fsp3) is 0.444. The summed E-state index contributed by atoms with van der Waals surface area (Å²) >= 11 is 7.67. The summed E-state index contributed by atoms with van der Waals surface area (Å²) in [7, 11) is -3.83. The number of hydrogen-bond acceptors (Lipinski definition) is 3. The maximum Gasteiger partial charge on any atom is 0.258 e. The first-order valence-electron chi connectivity index (χ1n) is 11.8. The van der Waals surface area contributed by atoms with E-state index in [1.807, 2.05) is 12.1 Å². The lowest BCUT2D eigenvalue weighted by atomic mass is 10.1. The van der Waals surface area contributed by atoms with Gasteiger partial charge in [0.05, 0.1) is 13.0 Å². The molecule has 2 nitrogen and oxygen atoms in total. The lowest BCUT2D eigenvalue weighted by molar-refractivity contribution is 0.104. The third-order valence-electron chi connectivity index (χ3n) is 6.73. The average molecular weight is 517 g/mol. The van der Waals surface area contributed by atoms with Gasteiger partial charge in [0.15, 0.2) is 0 Å². The van der Waals surface area contributed by atoms with Crippen molar-refractivity contribution in [2.24, 2.45) is 0 Å². The van der Waals surface area contributed by atoms with Crippen LogP contribution in [0.3, 0.4) is 0 Å². The van der Waals surface area contributed by atoms with Gasteiger partial charge in [0.1, 0.15) is 5.75 Å². The smallest absolute Gasteiger partial charge is 0.258 e. The van der Waals surface area contributed by atoms with Gasteiger partial charge in [-0.1, -0.05) is 72.8 Å². The van der Waals surface area contributed by atoms with Gasteiger partial charge in [-0.05, 0) is 69.7 Å². The molecule has 2 aromatic carbocycles. The summed E-state index contributed by atoms with van der Waals surface area (Å²) in [6.45, 7) is 20.8. The molecule has 0 saturated carbocycles. The predicted octanol–water partition coefficient (Wildman–Crippen LogP) is 8.89. The molecule has 0 radical (unpaired) electrons. The summed E-state index contributed by atoms with van der Waals surface area (Å²) < 4.78 is 8.09. The molecule has 0 amide bonds. The zero-order valence-corrected chi connectivity index (χ0v) is 24.9. The molecule has 6 heteroatoms. The predicted molar refractivity (Wildman–Crippen MR) is 151 cm³/mol. The summed E-state index contributed by atoms with van der Waals surface area (Å²) in [5, 5.41) is 3.09. The van der Waals surface area contributed by atoms with Crippen molar-refractivity contribution < 1.29 is 9.22 Å². The second-order valence-electron chi connectivity index (χ2n) is 11.0. The van der Waals surface area contributed by atoms with Crippen molar-refractivity contribution in [1.29, 1.82) is 0 Å². The number of thiophene rings is 1. The molecule has 0 bridgehead atoms. The van der Waals surface area contributed by atoms with Crippen molar-refractivity contribution in [3.63, 3.8) is 0 Å². The molecule has 0 fully saturated rings. The number of hydrogen-bond donors (Lipinski definition) is 0. The Bertz CT molecular complexity index is 1120. The molecule has 0 N–H and O–H groups in total. The Morgan fingerprint density at radius 3 is 1.91 bits per heavy atom. The molecule has 3 aromatic rings. The van der Waals surface area contributed by atoms with E-state index in [-0.39, 0.29) is 5.78 Å². The van der Waals surface area contributed by atoms with Crippen LogP contribution in [0.25, 0.3) is 10.1 Å². The second-order valence-corrected chi connectivity index (χ2v) is 22.8. The number of fused-ring (bicyclic) bond motifs is 1. The molecule has 33 heavy (non-hydrogen) atoms. The van der Waals surface area contributed by atoms with E-state index in [1.165, 1.54) is 10.6 Å². The Balaban J connectivity index is 2.14. The molecular formula is C27H37ClO2SSi2. The van der Waals surface area contributed by atoms with Gasteiger partial charge in [-0.25, -0.2) is 0 Å². The number of rotatable bonds is 8. The van der Waals surface area contributed by atoms with Crippen molar-refractivity contribution in [2.45, 2.75) is 77.8 Å². The van der Waals surface area contributed by atoms with E-state index >= 15 is 0 Å². The van der Waals surface area contributed by atoms with E-state index in [0.717, 1.165) is 15.3 Å². The molecule has 0 spiro atoms. The molecule has 0 unspecified atom stereocenters. The number of carbonyl (C=O) groups excluding carboxylic acids is 1. The average Bonchev–Trinajstić information content (AvgIpc) is 3.10. The highest BCUT2D eigenvalue weighted by molar-refractivity contribution is 7.23. The Hall–Kier alpha value is -1.41. The van der Waals surface area contributed by atoms with Gasteiger partial charge < -0.3 is 4.43 Å². The number of benzene rings is 2. The van der Waals surface area contributed by atoms with Crippen LogP contribution in [0.15, 0.2) is 42.5 Å². The van der Waals surface area contributed by atoms with Gasteiger partial charge in [-0.2, -0.15) is 0 Å². The molecule has 1 aromatic heterocycles. The zero-order valence-electron chi connectivity index (χ0n) is 21.4. The SMILES string of the molecule is CC(C)[Si](Oc1ccc2c([Si](C)(C)C)c(C(=O)c3ccc(Cl)cc3)sc2c1)(C(C)C)C(C)C. The van der Waals surface area contributed by atoms with Crippen molar-refractivity contribution in [2.75, 3.05) is 0 Å². The van der Waals surface area contributed by atoms with E-state index in [0.29, 0.717) is 27.2 Å². The van der Waals surface area contributed by atoms with E-state index in [4.69, 9.17) is 16.0 Å². The monoisotopic (exact) mass is 516 g/mol. The van der Waals surface area contributed by atoms with Crippen LogP contribution < -0.4 is 9.61 Å². The first-order valence-corrected chi connectivity index (χ1v) is 18.7. The van der Waals surface area contributed by atoms with E-state index in [2.05, 4.69) is 79.4 Å². The van der Waals surface area contributed by atoms with Crippen LogP contribution in [0, 0.1) is 0 Å². The molecule has 3 rings (SSSR count). The number of ketones is 1. The summed E-state index contributed by atoms with van der Waals surface area (Å²) in [4.78, 5) is 14.4. The lowest BCUT2D eigenvalue weighted by Crippen LogP contribution is -2.50. The first-order chi connectivity index (χ1) is 15.3. The van der Waals surface area contributed by atoms with E-state index in [9.17, 15) is 4.79 Å². The molecule has 0 atom stereocenters. The Morgan fingerprint density at radius 2 is 1.42 bits per heavy atom. The summed E-state index contributed by atoms with van der Waals surface area (Å²) in [6, 6.07) is 13.7. The maximum absolute atomic E-state index is 13.5. The fourth-order valence-corrected chi connectivity index (χ4v) is 14.8. The van der Waals surface area contributed by atoms with Crippen LogP contribution in [0.4, 0.5) is 0 Å². The normalized spacial score (nSPS) is 12.9. The van der Waals surface area contributed by atoms with Gasteiger partial charge in [-0.3, -0.25) is 4.79 Å². The molecule has 0 aliphatic heterocycles. The first kappa shape index (κ1) is 26.2. The van der Waals surface area contributed by atoms with Gasteiger partial charge in [0.25, 0.3) is 8.32 Å². The standard InChI is InChI=1S/C27H37ClO2SSi2/c1-17(2)33(18(3)4,19(5)6)30-22-14-15-23-24(16-22)31-26(27(23)32(7,8)9)25(29)20-10-12-21(28)13-11-20/h10-19H,1-9H3. The topological polar surface area (TPSA) is 26.3 Å². The molecule has 0 saturated heterocycles. The van der Waals surface area contributed by atoms with Crippen molar-refractivity contribution in [3.8, 4) is 5.75 Å². The maximum atomic E-state index is 13.5. The van der Waals surface area contributed by atoms with Crippen LogP contribution >= 0.6 is 22.9 Å². The summed E-state index contributed by atoms with van der Waals surface area (Å²) in [5.41, 5.74) is 2.22. The minimum absolute atomic E-state index is 0.0861. The van der Waals surface area contributed by atoms with Crippen LogP contribution in [0.2, 0.25) is 41.3 Å². The summed E-state index contributed by atoms with van der Waals surface area (Å²) in [5.74, 6) is 1.03. The van der Waals surface area contributed by atoms with Crippen molar-refractivity contribution in [3.05, 3.63) is 57.9 Å². The van der Waals surface area contributed by atoms with Crippen molar-refractivity contribution in [1.82, 2.24) is 0 Å². The molecule has 178 valence electrons. The van der Waals surface area contributed by atoms with E-state index in [1.54, 1.807) is 23.5 Å². The fourth-order valence-electron chi connectivity index (χ4n) is 5.33. The molecule has 0 aliphatic carbocycles. The van der Waals surface area contributed by atoms with Crippen molar-refractivity contribution >= 4 is 60.4 Å². The van der Waals surface area contributed by atoms with Crippen LogP contribution in [0.5, 0.6) is 5.75 Å². The van der Waals surface area contributed by atoms with Gasteiger partial charge in [0.2, 0.25) is 5.78 Å². The molecular weight excluding hydrogens is 480 g/mol. The third kappa shape index (κ3) is 5.02. The minimum atomic E-state index is -2.05. The Labute approximate surface area is 210 Å². The number of halogens is 1. The van der Waals surface area contributed by atoms with Crippen LogP contribution in [-0.4, -0.2) is 22.2 Å². The van der Waals surface area contributed by atoms with Gasteiger partial charge in [0, 0.05) is 15.3 Å². The van der Waals surface area contributed by atoms with E-state index < -0.39 is 16.4 Å². The Morgan fingerprint density at radius 1 is 0.879 bits per heavy atom. The lowest BCUT2D eigenvalue weighted by Gasteiger charge is -2.42. The minimum Gasteiger partial charge on any atom is -0.543 e. The molecule has 0 aliphatic rings. The van der Waals surface area contributed by atoms with Gasteiger partial charge >= 0.3 is 0 Å². The number of carbonyl (C=O) groups is 1. The largest absolute Gasteiger partial charge is 0.543 e.